The second-order valence-electron chi connectivity index (χ2n) is 4.52. The van der Waals surface area contributed by atoms with Crippen LogP contribution in [0.1, 0.15) is 10.4 Å². The second-order valence-corrected chi connectivity index (χ2v) is 7.17. The molecule has 1 amide bonds. The molecule has 1 aromatic rings. The van der Waals surface area contributed by atoms with Gasteiger partial charge in [0.25, 0.3) is 5.91 Å². The van der Waals surface area contributed by atoms with Gasteiger partial charge in [0.15, 0.2) is 0 Å². The van der Waals surface area contributed by atoms with Crippen molar-refractivity contribution in [1.82, 2.24) is 5.32 Å². The highest BCUT2D eigenvalue weighted by atomic mass is 35.5. The molecule has 1 aliphatic rings. The van der Waals surface area contributed by atoms with Crippen LogP contribution in [-0.4, -0.2) is 46.2 Å². The average Bonchev–Trinajstić information content (AvgIpc) is 2.61. The first-order chi connectivity index (χ1) is 9.09. The third-order valence-electron chi connectivity index (χ3n) is 2.78. The highest BCUT2D eigenvalue weighted by molar-refractivity contribution is 8.03. The van der Waals surface area contributed by atoms with Gasteiger partial charge in [0.1, 0.15) is 0 Å². The first-order valence-electron chi connectivity index (χ1n) is 6.01. The summed E-state index contributed by atoms with van der Waals surface area (Å²) in [4.78, 5) is 12.0. The quantitative estimate of drug-likeness (QED) is 0.898. The number of rotatable bonds is 3. The van der Waals surface area contributed by atoms with E-state index in [1.54, 1.807) is 47.8 Å². The number of benzene rings is 1. The highest BCUT2D eigenvalue weighted by Crippen LogP contribution is 2.24. The number of thioether (sulfide) groups is 2. The topological polar surface area (TPSA) is 49.3 Å². The zero-order chi connectivity index (χ0) is 13.7. The molecule has 1 fully saturated rings. The van der Waals surface area contributed by atoms with Gasteiger partial charge in [-0.05, 0) is 18.2 Å². The molecule has 1 aliphatic heterocycles. The van der Waals surface area contributed by atoms with E-state index in [4.69, 9.17) is 11.6 Å². The first-order valence-corrected chi connectivity index (χ1v) is 8.69. The molecule has 0 saturated carbocycles. The summed E-state index contributed by atoms with van der Waals surface area (Å²) in [6, 6.07) is 6.80. The Balaban J connectivity index is 1.92. The standard InChI is InChI=1S/C13H16ClNO2S2/c14-11-3-1-2-10(6-11)12(16)15-7-13(17)8-18-4-5-19-9-13/h1-3,6,17H,4-5,7-9H2,(H,15,16). The van der Waals surface area contributed by atoms with E-state index in [0.29, 0.717) is 22.1 Å². The monoisotopic (exact) mass is 317 g/mol. The number of carbonyl (C=O) groups excluding carboxylic acids is 1. The van der Waals surface area contributed by atoms with Crippen molar-refractivity contribution >= 4 is 41.0 Å². The fourth-order valence-electron chi connectivity index (χ4n) is 1.76. The fourth-order valence-corrected chi connectivity index (χ4v) is 4.48. The van der Waals surface area contributed by atoms with Crippen LogP contribution in [0, 0.1) is 0 Å². The minimum absolute atomic E-state index is 0.199. The number of hydrogen-bond donors (Lipinski definition) is 2. The Morgan fingerprint density at radius 2 is 2.05 bits per heavy atom. The molecule has 0 spiro atoms. The van der Waals surface area contributed by atoms with Crippen LogP contribution in [0.2, 0.25) is 5.02 Å². The van der Waals surface area contributed by atoms with E-state index in [0.717, 1.165) is 11.5 Å². The molecule has 1 heterocycles. The van der Waals surface area contributed by atoms with Crippen LogP contribution in [0.3, 0.4) is 0 Å². The molecule has 0 bridgehead atoms. The van der Waals surface area contributed by atoms with Gasteiger partial charge >= 0.3 is 0 Å². The lowest BCUT2D eigenvalue weighted by atomic mass is 10.1. The Hall–Kier alpha value is -0.360. The van der Waals surface area contributed by atoms with E-state index in [1.807, 2.05) is 0 Å². The molecule has 19 heavy (non-hydrogen) atoms. The fraction of sp³-hybridized carbons (Fsp3) is 0.462. The molecule has 104 valence electrons. The predicted molar refractivity (Wildman–Crippen MR) is 83.4 cm³/mol. The largest absolute Gasteiger partial charge is 0.386 e. The normalized spacial score (nSPS) is 18.6. The van der Waals surface area contributed by atoms with Gasteiger partial charge in [-0.15, -0.1) is 0 Å². The zero-order valence-electron chi connectivity index (χ0n) is 10.4. The van der Waals surface area contributed by atoms with Gasteiger partial charge in [0, 0.05) is 40.1 Å². The van der Waals surface area contributed by atoms with Crippen LogP contribution in [-0.2, 0) is 0 Å². The number of halogens is 1. The smallest absolute Gasteiger partial charge is 0.251 e. The van der Waals surface area contributed by atoms with E-state index in [-0.39, 0.29) is 12.5 Å². The molecular formula is C13H16ClNO2S2. The van der Waals surface area contributed by atoms with Crippen molar-refractivity contribution in [3.63, 3.8) is 0 Å². The summed E-state index contributed by atoms with van der Waals surface area (Å²) in [7, 11) is 0. The molecule has 0 unspecified atom stereocenters. The number of aliphatic hydroxyl groups is 1. The molecule has 1 aromatic carbocycles. The summed E-state index contributed by atoms with van der Waals surface area (Å²) in [5.74, 6) is 3.23. The number of nitrogens with one attached hydrogen (secondary N) is 1. The first kappa shape index (κ1) is 15.0. The average molecular weight is 318 g/mol. The van der Waals surface area contributed by atoms with Crippen molar-refractivity contribution < 1.29 is 9.90 Å². The highest BCUT2D eigenvalue weighted by Gasteiger charge is 2.29. The minimum Gasteiger partial charge on any atom is -0.386 e. The number of carbonyl (C=O) groups is 1. The van der Waals surface area contributed by atoms with Gasteiger partial charge in [0.2, 0.25) is 0 Å². The van der Waals surface area contributed by atoms with Gasteiger partial charge in [-0.2, -0.15) is 23.5 Å². The molecule has 3 nitrogen and oxygen atoms in total. The van der Waals surface area contributed by atoms with Crippen molar-refractivity contribution in [2.24, 2.45) is 0 Å². The van der Waals surface area contributed by atoms with E-state index < -0.39 is 5.60 Å². The van der Waals surface area contributed by atoms with Gasteiger partial charge < -0.3 is 10.4 Å². The third kappa shape index (κ3) is 4.60. The molecule has 0 atom stereocenters. The summed E-state index contributed by atoms with van der Waals surface area (Å²) in [6.45, 7) is 0.276. The molecular weight excluding hydrogens is 302 g/mol. The SMILES string of the molecule is O=C(NCC1(O)CSCCSC1)c1cccc(Cl)c1. The van der Waals surface area contributed by atoms with Crippen LogP contribution in [0.5, 0.6) is 0 Å². The van der Waals surface area contributed by atoms with Crippen LogP contribution >= 0.6 is 35.1 Å². The van der Waals surface area contributed by atoms with Crippen molar-refractivity contribution in [1.29, 1.82) is 0 Å². The summed E-state index contributed by atoms with van der Waals surface area (Å²) in [6.07, 6.45) is 0. The van der Waals surface area contributed by atoms with E-state index in [2.05, 4.69) is 5.32 Å². The molecule has 2 N–H and O–H groups in total. The lowest BCUT2D eigenvalue weighted by molar-refractivity contribution is 0.0753. The number of amides is 1. The maximum atomic E-state index is 12.0. The van der Waals surface area contributed by atoms with Crippen molar-refractivity contribution in [2.45, 2.75) is 5.60 Å². The lowest BCUT2D eigenvalue weighted by Gasteiger charge is -2.25. The van der Waals surface area contributed by atoms with E-state index >= 15 is 0 Å². The Labute approximate surface area is 126 Å². The lowest BCUT2D eigenvalue weighted by Crippen LogP contribution is -2.46. The summed E-state index contributed by atoms with van der Waals surface area (Å²) in [5.41, 5.74) is -0.301. The van der Waals surface area contributed by atoms with E-state index in [1.165, 1.54) is 0 Å². The Kier molecular flexibility index (Phi) is 5.45. The minimum atomic E-state index is -0.819. The molecule has 0 aromatic heterocycles. The van der Waals surface area contributed by atoms with Crippen LogP contribution in [0.25, 0.3) is 0 Å². The molecule has 6 heteroatoms. The van der Waals surface area contributed by atoms with Crippen LogP contribution < -0.4 is 5.32 Å². The van der Waals surface area contributed by atoms with Crippen LogP contribution in [0.15, 0.2) is 24.3 Å². The van der Waals surface area contributed by atoms with E-state index in [9.17, 15) is 9.90 Å². The summed E-state index contributed by atoms with van der Waals surface area (Å²) in [5, 5.41) is 13.7. The maximum absolute atomic E-state index is 12.0. The summed E-state index contributed by atoms with van der Waals surface area (Å²) < 4.78 is 0. The Bertz CT molecular complexity index is 448. The molecule has 1 saturated heterocycles. The second kappa shape index (κ2) is 6.88. The molecule has 2 rings (SSSR count). The van der Waals surface area contributed by atoms with Gasteiger partial charge in [0.05, 0.1) is 5.60 Å². The number of hydrogen-bond acceptors (Lipinski definition) is 4. The van der Waals surface area contributed by atoms with Crippen molar-refractivity contribution in [3.8, 4) is 0 Å². The zero-order valence-corrected chi connectivity index (χ0v) is 12.8. The van der Waals surface area contributed by atoms with Crippen molar-refractivity contribution in [2.75, 3.05) is 29.6 Å². The summed E-state index contributed by atoms with van der Waals surface area (Å²) >= 11 is 9.31. The molecule has 0 radical (unpaired) electrons. The van der Waals surface area contributed by atoms with Gasteiger partial charge in [-0.3, -0.25) is 4.79 Å². The van der Waals surface area contributed by atoms with Crippen LogP contribution in [0.4, 0.5) is 0 Å². The maximum Gasteiger partial charge on any atom is 0.251 e. The van der Waals surface area contributed by atoms with Gasteiger partial charge in [-0.1, -0.05) is 17.7 Å². The van der Waals surface area contributed by atoms with Crippen molar-refractivity contribution in [3.05, 3.63) is 34.9 Å². The third-order valence-corrected chi connectivity index (χ3v) is 5.74. The Morgan fingerprint density at radius 1 is 1.37 bits per heavy atom. The predicted octanol–water partition coefficient (Wildman–Crippen LogP) is 2.28. The van der Waals surface area contributed by atoms with Gasteiger partial charge in [-0.25, -0.2) is 0 Å². The molecule has 0 aliphatic carbocycles. The Morgan fingerprint density at radius 3 is 2.68 bits per heavy atom.